The predicted octanol–water partition coefficient (Wildman–Crippen LogP) is 5.57. The third kappa shape index (κ3) is 5.60. The first-order valence-corrected chi connectivity index (χ1v) is 12.3. The molecule has 34 heavy (non-hydrogen) atoms. The molecule has 0 saturated heterocycles. The maximum absolute atomic E-state index is 13.9. The number of halogens is 2. The van der Waals surface area contributed by atoms with Crippen LogP contribution in [-0.4, -0.2) is 31.4 Å². The maximum atomic E-state index is 13.9. The number of benzene rings is 2. The molecule has 176 valence electrons. The molecular formula is C23H21F2N5O2S2. The quantitative estimate of drug-likeness (QED) is 0.302. The van der Waals surface area contributed by atoms with Crippen LogP contribution < -0.4 is 10.1 Å². The molecule has 0 aliphatic carbocycles. The Balaban J connectivity index is 1.37. The highest BCUT2D eigenvalue weighted by atomic mass is 32.2. The minimum Gasteiger partial charge on any atom is -0.480 e. The molecule has 0 radical (unpaired) electrons. The number of nitrogens with zero attached hydrogens (tertiary/aromatic N) is 4. The summed E-state index contributed by atoms with van der Waals surface area (Å²) in [6, 6.07) is 12.8. The van der Waals surface area contributed by atoms with Gasteiger partial charge in [0.1, 0.15) is 5.82 Å². The van der Waals surface area contributed by atoms with Gasteiger partial charge in [0.25, 0.3) is 0 Å². The number of ether oxygens (including phenoxy) is 1. The minimum absolute atomic E-state index is 0.0774. The Morgan fingerprint density at radius 2 is 2.00 bits per heavy atom. The molecule has 1 unspecified atom stereocenters. The third-order valence-corrected chi connectivity index (χ3v) is 6.50. The number of carbonyl (C=O) groups excluding carboxylic acids is 1. The first-order chi connectivity index (χ1) is 16.4. The number of rotatable bonds is 9. The van der Waals surface area contributed by atoms with Crippen molar-refractivity contribution in [3.8, 4) is 17.0 Å². The number of amides is 1. The van der Waals surface area contributed by atoms with Crippen LogP contribution in [0.4, 0.5) is 13.9 Å². The van der Waals surface area contributed by atoms with Crippen LogP contribution in [0.25, 0.3) is 11.3 Å². The topological polar surface area (TPSA) is 81.9 Å². The molecule has 2 heterocycles. The molecule has 4 aromatic rings. The summed E-state index contributed by atoms with van der Waals surface area (Å²) in [5.74, 6) is -1.18. The normalized spacial score (nSPS) is 11.9. The summed E-state index contributed by atoms with van der Waals surface area (Å²) >= 11 is 2.58. The lowest BCUT2D eigenvalue weighted by Gasteiger charge is -2.16. The summed E-state index contributed by atoms with van der Waals surface area (Å²) in [5, 5.41) is 14.1. The highest BCUT2D eigenvalue weighted by Crippen LogP contribution is 2.28. The summed E-state index contributed by atoms with van der Waals surface area (Å²) < 4.78 is 34.5. The zero-order valence-electron chi connectivity index (χ0n) is 18.4. The maximum Gasteiger partial charge on any atom is 0.236 e. The van der Waals surface area contributed by atoms with Crippen molar-refractivity contribution in [2.45, 2.75) is 31.7 Å². The number of anilines is 1. The van der Waals surface area contributed by atoms with Gasteiger partial charge in [0.2, 0.25) is 5.91 Å². The predicted molar refractivity (Wildman–Crippen MR) is 128 cm³/mol. The average molecular weight is 502 g/mol. The van der Waals surface area contributed by atoms with Crippen LogP contribution in [-0.2, 0) is 11.3 Å². The molecule has 0 fully saturated rings. The van der Waals surface area contributed by atoms with Gasteiger partial charge in [0.15, 0.2) is 33.8 Å². The van der Waals surface area contributed by atoms with Gasteiger partial charge in [0.05, 0.1) is 11.4 Å². The van der Waals surface area contributed by atoms with Crippen molar-refractivity contribution in [3.05, 3.63) is 71.4 Å². The van der Waals surface area contributed by atoms with Crippen LogP contribution in [0.3, 0.4) is 0 Å². The zero-order chi connectivity index (χ0) is 24.1. The van der Waals surface area contributed by atoms with Gasteiger partial charge in [-0.2, -0.15) is 0 Å². The number of aromatic nitrogens is 4. The number of hydrogen-bond donors (Lipinski definition) is 1. The Morgan fingerprint density at radius 3 is 2.74 bits per heavy atom. The summed E-state index contributed by atoms with van der Waals surface area (Å²) in [7, 11) is 0. The lowest BCUT2D eigenvalue weighted by atomic mass is 10.2. The van der Waals surface area contributed by atoms with Crippen molar-refractivity contribution in [1.82, 2.24) is 19.7 Å². The molecule has 1 atom stereocenters. The van der Waals surface area contributed by atoms with E-state index in [2.05, 4.69) is 20.5 Å². The number of hydrogen-bond acceptors (Lipinski definition) is 7. The van der Waals surface area contributed by atoms with Gasteiger partial charge in [-0.1, -0.05) is 42.1 Å². The summed E-state index contributed by atoms with van der Waals surface area (Å²) in [5.41, 5.74) is 1.78. The number of nitrogens with one attached hydrogen (secondary N) is 1. The van der Waals surface area contributed by atoms with Crippen molar-refractivity contribution < 1.29 is 18.3 Å². The Kier molecular flexibility index (Phi) is 7.53. The fourth-order valence-corrected chi connectivity index (χ4v) is 4.72. The Labute approximate surface area is 203 Å². The highest BCUT2D eigenvalue weighted by molar-refractivity contribution is 7.99. The Morgan fingerprint density at radius 1 is 1.21 bits per heavy atom. The Hall–Kier alpha value is -3.31. The molecule has 1 N–H and O–H groups in total. The van der Waals surface area contributed by atoms with E-state index in [1.165, 1.54) is 29.2 Å². The molecule has 11 heteroatoms. The van der Waals surface area contributed by atoms with E-state index in [0.29, 0.717) is 22.7 Å². The van der Waals surface area contributed by atoms with E-state index in [1.807, 2.05) is 42.6 Å². The summed E-state index contributed by atoms with van der Waals surface area (Å²) in [6.45, 7) is 4.13. The summed E-state index contributed by atoms with van der Waals surface area (Å²) in [4.78, 5) is 16.9. The van der Waals surface area contributed by atoms with Gasteiger partial charge in [0, 0.05) is 23.6 Å². The second-order valence-corrected chi connectivity index (χ2v) is 8.96. The number of thiazole rings is 1. The molecule has 0 bridgehead atoms. The lowest BCUT2D eigenvalue weighted by molar-refractivity contribution is -0.113. The van der Waals surface area contributed by atoms with Gasteiger partial charge in [-0.05, 0) is 26.0 Å². The minimum atomic E-state index is -0.793. The average Bonchev–Trinajstić information content (AvgIpc) is 3.47. The lowest BCUT2D eigenvalue weighted by Crippen LogP contribution is -2.15. The van der Waals surface area contributed by atoms with E-state index in [9.17, 15) is 13.6 Å². The summed E-state index contributed by atoms with van der Waals surface area (Å²) in [6.07, 6.45) is -0.637. The molecule has 0 saturated carbocycles. The van der Waals surface area contributed by atoms with Crippen molar-refractivity contribution in [2.24, 2.45) is 0 Å². The first-order valence-electron chi connectivity index (χ1n) is 10.4. The van der Waals surface area contributed by atoms with Crippen molar-refractivity contribution in [1.29, 1.82) is 0 Å². The molecule has 0 aliphatic heterocycles. The van der Waals surface area contributed by atoms with Crippen LogP contribution in [0.2, 0.25) is 0 Å². The molecule has 7 nitrogen and oxygen atoms in total. The van der Waals surface area contributed by atoms with E-state index in [0.717, 1.165) is 23.4 Å². The number of carbonyl (C=O) groups is 1. The smallest absolute Gasteiger partial charge is 0.236 e. The van der Waals surface area contributed by atoms with Crippen molar-refractivity contribution >= 4 is 34.1 Å². The van der Waals surface area contributed by atoms with Crippen LogP contribution in [0.15, 0.2) is 59.1 Å². The fraction of sp³-hybridized carbons (Fsp3) is 0.217. The van der Waals surface area contributed by atoms with E-state index in [4.69, 9.17) is 4.74 Å². The van der Waals surface area contributed by atoms with Crippen molar-refractivity contribution in [2.75, 3.05) is 11.1 Å². The molecule has 0 aliphatic rings. The van der Waals surface area contributed by atoms with Gasteiger partial charge >= 0.3 is 0 Å². The molecule has 2 aromatic carbocycles. The molecule has 2 aromatic heterocycles. The van der Waals surface area contributed by atoms with Gasteiger partial charge in [-0.15, -0.1) is 21.5 Å². The third-order valence-electron chi connectivity index (χ3n) is 4.78. The van der Waals surface area contributed by atoms with Crippen LogP contribution in [0, 0.1) is 11.6 Å². The van der Waals surface area contributed by atoms with E-state index >= 15 is 0 Å². The van der Waals surface area contributed by atoms with Crippen LogP contribution in [0.1, 0.15) is 25.8 Å². The first kappa shape index (κ1) is 23.8. The van der Waals surface area contributed by atoms with E-state index in [-0.39, 0.29) is 17.4 Å². The van der Waals surface area contributed by atoms with Crippen molar-refractivity contribution in [3.63, 3.8) is 0 Å². The molecule has 4 rings (SSSR count). The van der Waals surface area contributed by atoms with E-state index in [1.54, 1.807) is 11.5 Å². The SMILES string of the molecule is CCn1c(SCC(=O)Nc2nc(-c3ccccc3)cs2)nnc1C(C)Oc1ccc(F)cc1F. The molecule has 0 spiro atoms. The Bertz CT molecular complexity index is 1280. The monoisotopic (exact) mass is 501 g/mol. The van der Waals surface area contributed by atoms with E-state index < -0.39 is 17.7 Å². The standard InChI is InChI=1S/C23H21F2N5O2S2/c1-3-30-21(14(2)32-19-10-9-16(24)11-17(19)25)28-29-23(30)34-13-20(31)27-22-26-18(12-33-22)15-7-5-4-6-8-15/h4-12,14H,3,13H2,1-2H3,(H,26,27,31). The second-order valence-electron chi connectivity index (χ2n) is 7.16. The largest absolute Gasteiger partial charge is 0.480 e. The molecular weight excluding hydrogens is 480 g/mol. The van der Waals surface area contributed by atoms with Gasteiger partial charge in [-0.3, -0.25) is 4.79 Å². The van der Waals surface area contributed by atoms with Crippen LogP contribution in [0.5, 0.6) is 5.75 Å². The zero-order valence-corrected chi connectivity index (χ0v) is 20.0. The van der Waals surface area contributed by atoms with Gasteiger partial charge < -0.3 is 14.6 Å². The molecule has 1 amide bonds. The second kappa shape index (κ2) is 10.7. The fourth-order valence-electron chi connectivity index (χ4n) is 3.18. The number of thioether (sulfide) groups is 1. The van der Waals surface area contributed by atoms with Gasteiger partial charge in [-0.25, -0.2) is 13.8 Å². The van der Waals surface area contributed by atoms with Crippen LogP contribution >= 0.6 is 23.1 Å². The highest BCUT2D eigenvalue weighted by Gasteiger charge is 2.21.